The Balaban J connectivity index is 0.00000232. The molecule has 0 aromatic heterocycles. The fourth-order valence-corrected chi connectivity index (χ4v) is 2.56. The van der Waals surface area contributed by atoms with E-state index in [2.05, 4.69) is 51.7 Å². The van der Waals surface area contributed by atoms with Crippen molar-refractivity contribution < 1.29 is 5.11 Å². The van der Waals surface area contributed by atoms with Crippen LogP contribution in [0.25, 0.3) is 0 Å². The monoisotopic (exact) mass is 337 g/mol. The molecule has 0 saturated heterocycles. The number of hydrogen-bond acceptors (Lipinski definition) is 2. The van der Waals surface area contributed by atoms with Crippen molar-refractivity contribution in [2.24, 2.45) is 0 Å². The number of phenolic OH excluding ortho intramolecular Hbond substituents is 1. The van der Waals surface area contributed by atoms with Crippen molar-refractivity contribution in [1.82, 2.24) is 4.90 Å². The summed E-state index contributed by atoms with van der Waals surface area (Å²) in [6.07, 6.45) is 1.89. The molecule has 1 rings (SSSR count). The number of rotatable bonds is 5. The molecule has 0 aliphatic heterocycles. The highest BCUT2D eigenvalue weighted by molar-refractivity contribution is 7.80. The first-order chi connectivity index (χ1) is 10.7. The Labute approximate surface area is 148 Å². The normalized spacial score (nSPS) is 10.8. The first kappa shape index (κ1) is 21.9. The molecule has 1 N–H and O–H groups in total. The number of thiocarbonyl (C=S) groups is 1. The maximum atomic E-state index is 10.5. The van der Waals surface area contributed by atoms with Crippen molar-refractivity contribution in [2.45, 2.75) is 80.2 Å². The second-order valence-electron chi connectivity index (χ2n) is 6.69. The third kappa shape index (κ3) is 6.50. The van der Waals surface area contributed by atoms with Crippen molar-refractivity contribution in [3.63, 3.8) is 0 Å². The summed E-state index contributed by atoms with van der Waals surface area (Å²) in [6.45, 7) is 18.4. The van der Waals surface area contributed by atoms with E-state index in [1.165, 1.54) is 5.56 Å². The zero-order valence-electron chi connectivity index (χ0n) is 16.3. The predicted molar refractivity (Wildman–Crippen MR) is 107 cm³/mol. The van der Waals surface area contributed by atoms with Crippen molar-refractivity contribution in [2.75, 3.05) is 6.54 Å². The van der Waals surface area contributed by atoms with Gasteiger partial charge in [-0.1, -0.05) is 66.8 Å². The number of aryl methyl sites for hydroxylation is 1. The third-order valence-corrected chi connectivity index (χ3v) is 4.07. The van der Waals surface area contributed by atoms with Gasteiger partial charge in [0, 0.05) is 18.7 Å². The zero-order valence-corrected chi connectivity index (χ0v) is 17.1. The predicted octanol–water partition coefficient (Wildman–Crippen LogP) is 5.84. The topological polar surface area (TPSA) is 23.5 Å². The molecule has 0 saturated carbocycles. The molecule has 0 aliphatic rings. The largest absolute Gasteiger partial charge is 0.507 e. The summed E-state index contributed by atoms with van der Waals surface area (Å²) >= 11 is 5.34. The lowest BCUT2D eigenvalue weighted by atomic mass is 9.84. The lowest BCUT2D eigenvalue weighted by molar-refractivity contribution is 0.396. The van der Waals surface area contributed by atoms with Crippen molar-refractivity contribution >= 4 is 17.2 Å². The lowest BCUT2D eigenvalue weighted by Crippen LogP contribution is -2.28. The molecule has 0 amide bonds. The first-order valence-corrected chi connectivity index (χ1v) is 9.22. The summed E-state index contributed by atoms with van der Waals surface area (Å²) < 4.78 is 0. The van der Waals surface area contributed by atoms with E-state index in [1.54, 1.807) is 0 Å². The van der Waals surface area contributed by atoms with Crippen molar-refractivity contribution in [3.8, 4) is 5.75 Å². The summed E-state index contributed by atoms with van der Waals surface area (Å²) in [5.74, 6) is 0.433. The summed E-state index contributed by atoms with van der Waals surface area (Å²) in [6, 6.07) is 4.27. The van der Waals surface area contributed by atoms with Crippen molar-refractivity contribution in [1.29, 1.82) is 0 Å². The van der Waals surface area contributed by atoms with Crippen LogP contribution in [-0.2, 0) is 18.4 Å². The van der Waals surface area contributed by atoms with Crippen LogP contribution in [0.5, 0.6) is 5.75 Å². The molecule has 0 radical (unpaired) electrons. The SMILES string of the molecule is CC.CCCN(Cc1cc(C(C)(C)C)cc(CC)c1O)C(C)=S. The van der Waals surface area contributed by atoms with Crippen molar-refractivity contribution in [3.05, 3.63) is 28.8 Å². The molecule has 0 fully saturated rings. The van der Waals surface area contributed by atoms with Gasteiger partial charge in [-0.2, -0.15) is 0 Å². The highest BCUT2D eigenvalue weighted by Gasteiger charge is 2.19. The van der Waals surface area contributed by atoms with Crippen LogP contribution in [0.2, 0.25) is 0 Å². The van der Waals surface area contributed by atoms with Gasteiger partial charge in [-0.25, -0.2) is 0 Å². The molecule has 3 heteroatoms. The van der Waals surface area contributed by atoms with Crippen LogP contribution < -0.4 is 0 Å². The van der Waals surface area contributed by atoms with Gasteiger partial charge in [-0.15, -0.1) is 0 Å². The number of aromatic hydroxyl groups is 1. The average Bonchev–Trinajstić information content (AvgIpc) is 2.49. The molecule has 2 nitrogen and oxygen atoms in total. The van der Waals surface area contributed by atoms with Gasteiger partial charge >= 0.3 is 0 Å². The number of phenols is 1. The quantitative estimate of drug-likeness (QED) is 0.683. The van der Waals surface area contributed by atoms with Crippen LogP contribution in [0, 0.1) is 0 Å². The summed E-state index contributed by atoms with van der Waals surface area (Å²) in [7, 11) is 0. The summed E-state index contributed by atoms with van der Waals surface area (Å²) in [4.78, 5) is 3.05. The standard InChI is InChI=1S/C18H29NOS.C2H6/c1-7-9-19(13(3)21)12-15-11-16(18(4,5)6)10-14(8-2)17(15)20;1-2/h10-11,20H,7-9,12H2,1-6H3;1-2H3. The highest BCUT2D eigenvalue weighted by Crippen LogP contribution is 2.32. The molecule has 0 spiro atoms. The van der Waals surface area contributed by atoms with E-state index in [9.17, 15) is 5.11 Å². The fourth-order valence-electron chi connectivity index (χ4n) is 2.41. The van der Waals surface area contributed by atoms with Crippen LogP contribution in [0.1, 0.15) is 78.5 Å². The van der Waals surface area contributed by atoms with E-state index in [-0.39, 0.29) is 5.41 Å². The van der Waals surface area contributed by atoms with Gasteiger partial charge in [0.15, 0.2) is 0 Å². The Kier molecular flexibility index (Phi) is 9.45. The maximum Gasteiger partial charge on any atom is 0.123 e. The van der Waals surface area contributed by atoms with E-state index in [0.29, 0.717) is 12.3 Å². The minimum absolute atomic E-state index is 0.0781. The van der Waals surface area contributed by atoms with Gasteiger partial charge in [0.25, 0.3) is 0 Å². The van der Waals surface area contributed by atoms with Crippen LogP contribution in [0.4, 0.5) is 0 Å². The number of benzene rings is 1. The molecule has 1 aromatic carbocycles. The fraction of sp³-hybridized carbons (Fsp3) is 0.650. The second-order valence-corrected chi connectivity index (χ2v) is 7.28. The van der Waals surface area contributed by atoms with E-state index in [4.69, 9.17) is 12.2 Å². The van der Waals surface area contributed by atoms with Crippen LogP contribution in [0.3, 0.4) is 0 Å². The maximum absolute atomic E-state index is 10.5. The Morgan fingerprint density at radius 2 is 1.65 bits per heavy atom. The minimum Gasteiger partial charge on any atom is -0.507 e. The van der Waals surface area contributed by atoms with E-state index >= 15 is 0 Å². The second kappa shape index (κ2) is 9.92. The average molecular weight is 338 g/mol. The van der Waals surface area contributed by atoms with Crippen LogP contribution >= 0.6 is 12.2 Å². The Morgan fingerprint density at radius 3 is 2.04 bits per heavy atom. The lowest BCUT2D eigenvalue weighted by Gasteiger charge is -2.26. The van der Waals surface area contributed by atoms with Gasteiger partial charge in [0.05, 0.1) is 4.99 Å². The first-order valence-electron chi connectivity index (χ1n) is 8.81. The molecule has 132 valence electrons. The van der Waals surface area contributed by atoms with E-state index in [0.717, 1.165) is 35.5 Å². The third-order valence-electron chi connectivity index (χ3n) is 3.81. The van der Waals surface area contributed by atoms with Gasteiger partial charge < -0.3 is 10.0 Å². The van der Waals surface area contributed by atoms with E-state index < -0.39 is 0 Å². The Morgan fingerprint density at radius 1 is 1.13 bits per heavy atom. The van der Waals surface area contributed by atoms with Gasteiger partial charge in [-0.3, -0.25) is 0 Å². The smallest absolute Gasteiger partial charge is 0.123 e. The van der Waals surface area contributed by atoms with Gasteiger partial charge in [0.2, 0.25) is 0 Å². The van der Waals surface area contributed by atoms with Crippen LogP contribution in [-0.4, -0.2) is 21.5 Å². The molecule has 0 aliphatic carbocycles. The minimum atomic E-state index is 0.0781. The molecular formula is C20H35NOS. The molecule has 1 aromatic rings. The molecule has 23 heavy (non-hydrogen) atoms. The Hall–Kier alpha value is -1.09. The molecule has 0 heterocycles. The molecule has 0 unspecified atom stereocenters. The highest BCUT2D eigenvalue weighted by atomic mass is 32.1. The summed E-state index contributed by atoms with van der Waals surface area (Å²) in [5.41, 5.74) is 3.35. The number of hydrogen-bond donors (Lipinski definition) is 1. The summed E-state index contributed by atoms with van der Waals surface area (Å²) in [5, 5.41) is 10.5. The van der Waals surface area contributed by atoms with Gasteiger partial charge in [-0.05, 0) is 42.4 Å². The van der Waals surface area contributed by atoms with Gasteiger partial charge in [0.1, 0.15) is 5.75 Å². The molecule has 0 bridgehead atoms. The van der Waals surface area contributed by atoms with E-state index in [1.807, 2.05) is 20.8 Å². The zero-order chi connectivity index (χ0) is 18.2. The van der Waals surface area contributed by atoms with Crippen LogP contribution in [0.15, 0.2) is 12.1 Å². The molecule has 0 atom stereocenters. The Bertz CT molecular complexity index is 503. The molecular weight excluding hydrogens is 302 g/mol. The number of nitrogens with zero attached hydrogens (tertiary/aromatic N) is 1.